The number of hydrogen-bond acceptors (Lipinski definition) is 9. The Morgan fingerprint density at radius 3 is 2.15 bits per heavy atom. The van der Waals surface area contributed by atoms with Crippen LogP contribution in [0.4, 0.5) is 5.69 Å². The van der Waals surface area contributed by atoms with Crippen LogP contribution >= 0.6 is 23.2 Å². The number of phenols is 1. The summed E-state index contributed by atoms with van der Waals surface area (Å²) in [5.74, 6) is -2.80. The number of rotatable bonds is 10. The Labute approximate surface area is 363 Å². The Kier molecular flexibility index (Phi) is 11.0. The molecule has 0 saturated carbocycles. The molecule has 0 saturated heterocycles. The number of nitrogens with zero attached hydrogens (tertiary/aromatic N) is 1. The van der Waals surface area contributed by atoms with Gasteiger partial charge in [-0.25, -0.2) is 9.59 Å². The van der Waals surface area contributed by atoms with Gasteiger partial charge in [-0.2, -0.15) is 0 Å². The van der Waals surface area contributed by atoms with Crippen LogP contribution < -0.4 is 21.4 Å². The predicted molar refractivity (Wildman–Crippen MR) is 239 cm³/mol. The topological polar surface area (TPSA) is 192 Å². The summed E-state index contributed by atoms with van der Waals surface area (Å²) in [5, 5.41) is 38.8. The summed E-state index contributed by atoms with van der Waals surface area (Å²) >= 11 is 14.0. The molecule has 312 valence electrons. The second-order valence-corrected chi connectivity index (χ2v) is 15.5. The smallest absolute Gasteiger partial charge is 0.337 e. The fraction of sp³-hybridized carbons (Fsp3) is 0.146. The zero-order valence-electron chi connectivity index (χ0n) is 33.7. The van der Waals surface area contributed by atoms with Crippen LogP contribution in [0.1, 0.15) is 61.6 Å². The molecule has 14 heteroatoms. The molecule has 4 aromatic rings. The summed E-state index contributed by atoms with van der Waals surface area (Å²) < 4.78 is 12.4. The molecule has 0 radical (unpaired) electrons. The van der Waals surface area contributed by atoms with E-state index in [2.05, 4.69) is 15.6 Å². The molecule has 0 atom stereocenters. The number of halogens is 2. The molecule has 8 rings (SSSR count). The van der Waals surface area contributed by atoms with Gasteiger partial charge in [0.2, 0.25) is 0 Å². The van der Waals surface area contributed by atoms with Crippen molar-refractivity contribution in [2.24, 2.45) is 4.99 Å². The number of amides is 1. The van der Waals surface area contributed by atoms with E-state index in [1.165, 1.54) is 36.4 Å². The number of nitrogens with one attached hydrogen (secondary N) is 2. The van der Waals surface area contributed by atoms with Crippen LogP contribution in [0.15, 0.2) is 104 Å². The summed E-state index contributed by atoms with van der Waals surface area (Å²) in [5.41, 5.74) is 4.88. The average molecular weight is 871 g/mol. The van der Waals surface area contributed by atoms with Crippen LogP contribution in [-0.2, 0) is 6.54 Å². The molecule has 2 aliphatic heterocycles. The van der Waals surface area contributed by atoms with Crippen molar-refractivity contribution in [1.82, 2.24) is 5.32 Å². The van der Waals surface area contributed by atoms with Crippen LogP contribution in [0.25, 0.3) is 66.8 Å². The van der Waals surface area contributed by atoms with Gasteiger partial charge in [-0.05, 0) is 98.5 Å². The van der Waals surface area contributed by atoms with Crippen molar-refractivity contribution in [3.8, 4) is 50.7 Å². The van der Waals surface area contributed by atoms with E-state index in [0.29, 0.717) is 73.9 Å². The normalized spacial score (nSPS) is 11.8. The number of aryl methyl sites for hydroxylation is 2. The summed E-state index contributed by atoms with van der Waals surface area (Å²) in [6.07, 6.45) is 0. The van der Waals surface area contributed by atoms with E-state index in [1.807, 2.05) is 45.9 Å². The van der Waals surface area contributed by atoms with Crippen molar-refractivity contribution in [2.75, 3.05) is 18.4 Å². The molecular weight excluding hydrogens is 833 g/mol. The maximum Gasteiger partial charge on any atom is 0.337 e. The maximum absolute atomic E-state index is 14.2. The molecule has 5 N–H and O–H groups in total. The quantitative estimate of drug-likeness (QED) is 0.0826. The standard InChI is InChI=1S/C48H37Cl2N3O9/c1-5-51-35-19-39-31(13-22(35)3)42(32-14-23(4)36(52-6-2)20-40(32)62-39)44-43(48(59)60)34(49)18-33(45(44)50)46(56)53-21-24-7-10-27(30(15-24)47(57)58)41-28-11-8-25(54)16-37(28)61-38-17-26(55)9-12-29(38)41/h7-20,51,54H,5-6,21H2,1-4H3,(H,53,56)(H,57,58)(H,59,60). The number of carbonyl (C=O) groups is 3. The van der Waals surface area contributed by atoms with Crippen molar-refractivity contribution in [2.45, 2.75) is 34.2 Å². The number of carboxylic acid groups (broad SMARTS) is 2. The highest BCUT2D eigenvalue weighted by Gasteiger charge is 2.30. The lowest BCUT2D eigenvalue weighted by molar-refractivity contribution is 0.0687. The number of aromatic hydroxyl groups is 1. The first-order chi connectivity index (χ1) is 29.7. The van der Waals surface area contributed by atoms with Crippen LogP contribution in [0.3, 0.4) is 0 Å². The lowest BCUT2D eigenvalue weighted by atomic mass is 9.88. The first-order valence-electron chi connectivity index (χ1n) is 19.5. The lowest BCUT2D eigenvalue weighted by Gasteiger charge is -2.22. The van der Waals surface area contributed by atoms with Crippen molar-refractivity contribution >= 4 is 68.7 Å². The molecule has 12 nitrogen and oxygen atoms in total. The Balaban J connectivity index is 1.24. The van der Waals surface area contributed by atoms with Gasteiger partial charge in [-0.15, -0.1) is 0 Å². The van der Waals surface area contributed by atoms with Gasteiger partial charge in [0, 0.05) is 88.2 Å². The molecule has 4 aliphatic rings. The fourth-order valence-electron chi connectivity index (χ4n) is 7.94. The molecule has 1 amide bonds. The number of anilines is 1. The zero-order chi connectivity index (χ0) is 44.1. The van der Waals surface area contributed by atoms with Crippen LogP contribution in [0.5, 0.6) is 5.75 Å². The molecule has 0 spiro atoms. The molecule has 0 bridgehead atoms. The molecule has 2 aliphatic carbocycles. The predicted octanol–water partition coefficient (Wildman–Crippen LogP) is 10.4. The SMILES string of the molecule is CCN=c1cc2oc3cc(NCC)c(C)cc3c(-c3c(Cl)c(C(=O)NCc4ccc(-c5c6ccc(=O)cc-6oc6cc(O)ccc56)c(C(=O)O)c4)cc(Cl)c3C(=O)O)c-2cc1C. The third-order valence-electron chi connectivity index (χ3n) is 10.7. The van der Waals surface area contributed by atoms with E-state index in [0.717, 1.165) is 16.8 Å². The molecule has 0 fully saturated rings. The molecule has 0 unspecified atom stereocenters. The Morgan fingerprint density at radius 1 is 0.710 bits per heavy atom. The van der Waals surface area contributed by atoms with Crippen LogP contribution in [0, 0.1) is 13.8 Å². The molecule has 2 heterocycles. The molecular formula is C48H37Cl2N3O9. The minimum absolute atomic E-state index is 0.0155. The second-order valence-electron chi connectivity index (χ2n) is 14.7. The monoisotopic (exact) mass is 869 g/mol. The van der Waals surface area contributed by atoms with E-state index < -0.39 is 17.8 Å². The van der Waals surface area contributed by atoms with Crippen molar-refractivity contribution in [1.29, 1.82) is 0 Å². The second kappa shape index (κ2) is 16.4. The van der Waals surface area contributed by atoms with Gasteiger partial charge in [0.25, 0.3) is 5.91 Å². The Morgan fingerprint density at radius 2 is 1.44 bits per heavy atom. The number of phenolic OH excluding ortho intramolecular Hbond substituents is 1. The van der Waals surface area contributed by atoms with Gasteiger partial charge in [0.1, 0.15) is 28.4 Å². The number of carboxylic acids is 2. The van der Waals surface area contributed by atoms with E-state index in [4.69, 9.17) is 32.0 Å². The third-order valence-corrected chi connectivity index (χ3v) is 11.4. The zero-order valence-corrected chi connectivity index (χ0v) is 35.2. The van der Waals surface area contributed by atoms with E-state index >= 15 is 0 Å². The Hall–Kier alpha value is -7.15. The van der Waals surface area contributed by atoms with Gasteiger partial charge in [0.15, 0.2) is 5.43 Å². The van der Waals surface area contributed by atoms with Gasteiger partial charge >= 0.3 is 11.9 Å². The fourth-order valence-corrected chi connectivity index (χ4v) is 8.55. The summed E-state index contributed by atoms with van der Waals surface area (Å²) in [6, 6.07) is 21.9. The minimum atomic E-state index is -1.37. The Bertz CT molecular complexity index is 3260. The number of aromatic carboxylic acids is 2. The largest absolute Gasteiger partial charge is 0.508 e. The lowest BCUT2D eigenvalue weighted by Crippen LogP contribution is -2.24. The third kappa shape index (κ3) is 7.37. The number of hydrogen-bond donors (Lipinski definition) is 5. The summed E-state index contributed by atoms with van der Waals surface area (Å²) in [6.45, 7) is 8.69. The van der Waals surface area contributed by atoms with E-state index in [-0.39, 0.29) is 61.4 Å². The van der Waals surface area contributed by atoms with Gasteiger partial charge in [-0.1, -0.05) is 35.3 Å². The maximum atomic E-state index is 14.2. The number of benzene rings is 6. The molecule has 62 heavy (non-hydrogen) atoms. The van der Waals surface area contributed by atoms with Crippen LogP contribution in [0.2, 0.25) is 10.0 Å². The molecule has 0 aromatic heterocycles. The van der Waals surface area contributed by atoms with Crippen molar-refractivity contribution in [3.63, 3.8) is 0 Å². The summed E-state index contributed by atoms with van der Waals surface area (Å²) in [7, 11) is 0. The van der Waals surface area contributed by atoms with Crippen LogP contribution in [-0.4, -0.2) is 46.3 Å². The van der Waals surface area contributed by atoms with E-state index in [1.54, 1.807) is 30.3 Å². The highest BCUT2D eigenvalue weighted by atomic mass is 35.5. The van der Waals surface area contributed by atoms with Gasteiger partial charge in [-0.3, -0.25) is 14.6 Å². The van der Waals surface area contributed by atoms with Gasteiger partial charge < -0.3 is 34.8 Å². The highest BCUT2D eigenvalue weighted by molar-refractivity contribution is 6.41. The van der Waals surface area contributed by atoms with Crippen molar-refractivity contribution in [3.05, 3.63) is 144 Å². The number of fused-ring (bicyclic) bond motifs is 4. The van der Waals surface area contributed by atoms with Crippen molar-refractivity contribution < 1.29 is 38.5 Å². The van der Waals surface area contributed by atoms with Gasteiger partial charge in [0.05, 0.1) is 32.1 Å². The first-order valence-corrected chi connectivity index (χ1v) is 20.3. The number of carbonyl (C=O) groups excluding carboxylic acids is 1. The molecule has 4 aromatic carbocycles. The van der Waals surface area contributed by atoms with E-state index in [9.17, 15) is 34.5 Å². The average Bonchev–Trinajstić information content (AvgIpc) is 3.22. The summed E-state index contributed by atoms with van der Waals surface area (Å²) in [4.78, 5) is 57.0. The first kappa shape index (κ1) is 41.6. The minimum Gasteiger partial charge on any atom is -0.508 e. The highest BCUT2D eigenvalue weighted by Crippen LogP contribution is 2.48.